The van der Waals surface area contributed by atoms with Gasteiger partial charge in [-0.15, -0.1) is 0 Å². The molecule has 8 nitrogen and oxygen atoms in total. The maximum absolute atomic E-state index is 12.9. The number of amides is 1. The number of carbonyl (C=O) groups excluding carboxylic acids is 1. The molecule has 3 rings (SSSR count). The molecule has 0 unspecified atom stereocenters. The van der Waals surface area contributed by atoms with Crippen molar-refractivity contribution in [3.8, 4) is 0 Å². The normalized spacial score (nSPS) is 15.3. The molecule has 154 valence electrons. The second-order valence-electron chi connectivity index (χ2n) is 7.20. The van der Waals surface area contributed by atoms with Gasteiger partial charge in [0.25, 0.3) is 11.6 Å². The smallest absolute Gasteiger partial charge is 0.272 e. The minimum atomic E-state index is -3.62. The number of carbonyl (C=O) groups is 1. The lowest BCUT2D eigenvalue weighted by atomic mass is 10.1. The van der Waals surface area contributed by atoms with Crippen LogP contribution in [0.3, 0.4) is 0 Å². The Hall–Kier alpha value is -2.78. The lowest BCUT2D eigenvalue weighted by Gasteiger charge is -2.34. The number of hydrogen-bond donors (Lipinski definition) is 0. The third kappa shape index (κ3) is 4.15. The zero-order chi connectivity index (χ0) is 21.3. The van der Waals surface area contributed by atoms with E-state index >= 15 is 0 Å². The van der Waals surface area contributed by atoms with E-state index in [9.17, 15) is 23.3 Å². The van der Waals surface area contributed by atoms with E-state index in [-0.39, 0.29) is 42.7 Å². The van der Waals surface area contributed by atoms with E-state index in [0.29, 0.717) is 11.1 Å². The Labute approximate surface area is 169 Å². The van der Waals surface area contributed by atoms with Crippen LogP contribution in [0.5, 0.6) is 0 Å². The molecule has 1 amide bonds. The van der Waals surface area contributed by atoms with E-state index in [0.717, 1.165) is 11.1 Å². The average Bonchev–Trinajstić information content (AvgIpc) is 2.69. The summed E-state index contributed by atoms with van der Waals surface area (Å²) in [4.78, 5) is 25.0. The molecule has 1 heterocycles. The number of nitro groups is 1. The molecule has 2 aromatic carbocycles. The summed E-state index contributed by atoms with van der Waals surface area (Å²) in [5.74, 6) is -0.258. The van der Waals surface area contributed by atoms with Crippen molar-refractivity contribution in [2.24, 2.45) is 0 Å². The fourth-order valence-electron chi connectivity index (χ4n) is 3.33. The Morgan fingerprint density at radius 1 is 0.931 bits per heavy atom. The molecule has 1 aliphatic heterocycles. The van der Waals surface area contributed by atoms with Crippen molar-refractivity contribution in [1.82, 2.24) is 9.21 Å². The molecule has 1 aliphatic rings. The van der Waals surface area contributed by atoms with Gasteiger partial charge in [-0.2, -0.15) is 4.31 Å². The standard InChI is InChI=1S/C20H23N3O5S/c1-14-4-6-18(13-15(14)2)29(27,28)22-10-8-21(9-11-22)20(24)17-5-7-19(23(25)26)16(3)12-17/h4-7,12-13H,8-11H2,1-3H3. The molecular formula is C20H23N3O5S. The van der Waals surface area contributed by atoms with E-state index in [1.165, 1.54) is 22.5 Å². The molecular weight excluding hydrogens is 394 g/mol. The van der Waals surface area contributed by atoms with Crippen LogP contribution < -0.4 is 0 Å². The zero-order valence-corrected chi connectivity index (χ0v) is 17.4. The van der Waals surface area contributed by atoms with Gasteiger partial charge in [-0.1, -0.05) is 6.07 Å². The van der Waals surface area contributed by atoms with Crippen LogP contribution >= 0.6 is 0 Å². The third-order valence-corrected chi connectivity index (χ3v) is 7.18. The highest BCUT2D eigenvalue weighted by Gasteiger charge is 2.31. The Morgan fingerprint density at radius 3 is 2.14 bits per heavy atom. The molecule has 0 bridgehead atoms. The molecule has 1 fully saturated rings. The third-order valence-electron chi connectivity index (χ3n) is 5.28. The first-order valence-electron chi connectivity index (χ1n) is 9.23. The number of rotatable bonds is 4. The molecule has 0 aliphatic carbocycles. The number of piperazine rings is 1. The summed E-state index contributed by atoms with van der Waals surface area (Å²) in [6.45, 7) is 6.31. The molecule has 0 atom stereocenters. The predicted molar refractivity (Wildman–Crippen MR) is 108 cm³/mol. The van der Waals surface area contributed by atoms with Crippen LogP contribution in [-0.2, 0) is 10.0 Å². The zero-order valence-electron chi connectivity index (χ0n) is 16.6. The fraction of sp³-hybridized carbons (Fsp3) is 0.350. The molecule has 1 saturated heterocycles. The summed E-state index contributed by atoms with van der Waals surface area (Å²) in [5, 5.41) is 10.9. The molecule has 0 N–H and O–H groups in total. The number of benzene rings is 2. The summed E-state index contributed by atoms with van der Waals surface area (Å²) >= 11 is 0. The molecule has 0 saturated carbocycles. The summed E-state index contributed by atoms with van der Waals surface area (Å²) in [6.07, 6.45) is 0. The summed E-state index contributed by atoms with van der Waals surface area (Å²) in [6, 6.07) is 9.32. The van der Waals surface area contributed by atoms with Gasteiger partial charge >= 0.3 is 0 Å². The van der Waals surface area contributed by atoms with Crippen LogP contribution in [0.1, 0.15) is 27.0 Å². The summed E-state index contributed by atoms with van der Waals surface area (Å²) in [7, 11) is -3.62. The van der Waals surface area contributed by atoms with E-state index in [1.54, 1.807) is 30.0 Å². The average molecular weight is 417 g/mol. The van der Waals surface area contributed by atoms with Crippen molar-refractivity contribution in [2.45, 2.75) is 25.7 Å². The quantitative estimate of drug-likeness (QED) is 0.562. The van der Waals surface area contributed by atoms with Crippen LogP contribution in [0, 0.1) is 30.9 Å². The molecule has 2 aromatic rings. The highest BCUT2D eigenvalue weighted by molar-refractivity contribution is 7.89. The van der Waals surface area contributed by atoms with Gasteiger partial charge in [0.1, 0.15) is 0 Å². The molecule has 29 heavy (non-hydrogen) atoms. The van der Waals surface area contributed by atoms with Gasteiger partial charge < -0.3 is 4.90 Å². The number of nitrogens with zero attached hydrogens (tertiary/aromatic N) is 3. The van der Waals surface area contributed by atoms with Crippen molar-refractivity contribution in [3.05, 3.63) is 68.8 Å². The maximum atomic E-state index is 12.9. The molecule has 0 spiro atoms. The Bertz CT molecular complexity index is 1070. The second-order valence-corrected chi connectivity index (χ2v) is 9.14. The van der Waals surface area contributed by atoms with Crippen molar-refractivity contribution in [2.75, 3.05) is 26.2 Å². The monoisotopic (exact) mass is 417 g/mol. The SMILES string of the molecule is Cc1ccc(S(=O)(=O)N2CCN(C(=O)c3ccc([N+](=O)[O-])c(C)c3)CC2)cc1C. The van der Waals surface area contributed by atoms with Crippen molar-refractivity contribution in [1.29, 1.82) is 0 Å². The first kappa shape index (κ1) is 20.9. The van der Waals surface area contributed by atoms with Gasteiger partial charge in [-0.3, -0.25) is 14.9 Å². The maximum Gasteiger partial charge on any atom is 0.272 e. The highest BCUT2D eigenvalue weighted by atomic mass is 32.2. The Morgan fingerprint density at radius 2 is 1.59 bits per heavy atom. The summed E-state index contributed by atoms with van der Waals surface area (Å²) < 4.78 is 27.2. The molecule has 0 radical (unpaired) electrons. The van der Waals surface area contributed by atoms with Crippen LogP contribution in [0.4, 0.5) is 5.69 Å². The van der Waals surface area contributed by atoms with E-state index in [2.05, 4.69) is 0 Å². The van der Waals surface area contributed by atoms with Crippen molar-refractivity contribution in [3.63, 3.8) is 0 Å². The lowest BCUT2D eigenvalue weighted by Crippen LogP contribution is -2.50. The van der Waals surface area contributed by atoms with E-state index in [1.807, 2.05) is 13.8 Å². The van der Waals surface area contributed by atoms with Gasteiger partial charge in [-0.25, -0.2) is 8.42 Å². The first-order valence-corrected chi connectivity index (χ1v) is 10.7. The van der Waals surface area contributed by atoms with Crippen LogP contribution in [0.2, 0.25) is 0 Å². The van der Waals surface area contributed by atoms with Crippen molar-refractivity contribution < 1.29 is 18.1 Å². The van der Waals surface area contributed by atoms with Gasteiger partial charge in [0.05, 0.1) is 9.82 Å². The van der Waals surface area contributed by atoms with E-state index < -0.39 is 14.9 Å². The predicted octanol–water partition coefficient (Wildman–Crippen LogP) is 2.67. The summed E-state index contributed by atoms with van der Waals surface area (Å²) in [5.41, 5.74) is 2.67. The van der Waals surface area contributed by atoms with Gasteiger partial charge in [-0.05, 0) is 56.2 Å². The van der Waals surface area contributed by atoms with Crippen LogP contribution in [0.25, 0.3) is 0 Å². The number of aryl methyl sites for hydroxylation is 3. The van der Waals surface area contributed by atoms with Gasteiger partial charge in [0.2, 0.25) is 10.0 Å². The first-order chi connectivity index (χ1) is 13.6. The lowest BCUT2D eigenvalue weighted by molar-refractivity contribution is -0.385. The Kier molecular flexibility index (Phi) is 5.72. The topological polar surface area (TPSA) is 101 Å². The number of nitro benzene ring substituents is 1. The fourth-order valence-corrected chi connectivity index (χ4v) is 4.84. The highest BCUT2D eigenvalue weighted by Crippen LogP contribution is 2.23. The largest absolute Gasteiger partial charge is 0.336 e. The second kappa shape index (κ2) is 7.92. The molecule has 0 aromatic heterocycles. The number of sulfonamides is 1. The van der Waals surface area contributed by atoms with Crippen LogP contribution in [0.15, 0.2) is 41.3 Å². The van der Waals surface area contributed by atoms with Crippen molar-refractivity contribution >= 4 is 21.6 Å². The minimum Gasteiger partial charge on any atom is -0.336 e. The van der Waals surface area contributed by atoms with E-state index in [4.69, 9.17) is 0 Å². The molecule has 9 heteroatoms. The van der Waals surface area contributed by atoms with Gasteiger partial charge in [0, 0.05) is 43.4 Å². The number of hydrogen-bond acceptors (Lipinski definition) is 5. The van der Waals surface area contributed by atoms with Gasteiger partial charge in [0.15, 0.2) is 0 Å². The minimum absolute atomic E-state index is 0.0362. The Balaban J connectivity index is 1.71. The van der Waals surface area contributed by atoms with Crippen LogP contribution in [-0.4, -0.2) is 54.6 Å².